The Morgan fingerprint density at radius 2 is 2.10 bits per heavy atom. The molecular weight excluding hydrogens is 252 g/mol. The molecule has 104 valence electrons. The second-order valence-electron chi connectivity index (χ2n) is 4.56. The predicted octanol–water partition coefficient (Wildman–Crippen LogP) is 2.46. The first-order valence-electron chi connectivity index (χ1n) is 6.52. The number of para-hydroxylation sites is 1. The quantitative estimate of drug-likeness (QED) is 0.777. The van der Waals surface area contributed by atoms with Crippen LogP contribution in [0.25, 0.3) is 0 Å². The third-order valence-electron chi connectivity index (χ3n) is 2.96. The van der Waals surface area contributed by atoms with Gasteiger partial charge in [-0.1, -0.05) is 31.5 Å². The summed E-state index contributed by atoms with van der Waals surface area (Å²) in [6.45, 7) is 2.12. The van der Waals surface area contributed by atoms with Crippen molar-refractivity contribution in [1.29, 1.82) is 0 Å². The molecule has 20 heavy (non-hydrogen) atoms. The van der Waals surface area contributed by atoms with E-state index >= 15 is 0 Å². The fourth-order valence-corrected chi connectivity index (χ4v) is 2.03. The van der Waals surface area contributed by atoms with Gasteiger partial charge in [0.05, 0.1) is 17.4 Å². The summed E-state index contributed by atoms with van der Waals surface area (Å²) in [6.07, 6.45) is 3.48. The van der Waals surface area contributed by atoms with Gasteiger partial charge in [-0.3, -0.25) is 4.79 Å². The van der Waals surface area contributed by atoms with E-state index in [0.717, 1.165) is 18.5 Å². The SMILES string of the molecule is CCCc1ccccc1Nc1ncc(N)cc1C(N)=O. The lowest BCUT2D eigenvalue weighted by Gasteiger charge is -2.13. The van der Waals surface area contributed by atoms with Gasteiger partial charge in [0.15, 0.2) is 0 Å². The first-order valence-corrected chi connectivity index (χ1v) is 6.52. The monoisotopic (exact) mass is 270 g/mol. The molecule has 0 spiro atoms. The molecule has 1 aromatic heterocycles. The first kappa shape index (κ1) is 13.9. The second kappa shape index (κ2) is 6.06. The number of carbonyl (C=O) groups is 1. The highest BCUT2D eigenvalue weighted by atomic mass is 16.1. The number of nitrogens with zero attached hydrogens (tertiary/aromatic N) is 1. The van der Waals surface area contributed by atoms with Crippen molar-refractivity contribution in [3.05, 3.63) is 47.7 Å². The van der Waals surface area contributed by atoms with E-state index in [4.69, 9.17) is 11.5 Å². The topological polar surface area (TPSA) is 94.0 Å². The standard InChI is InChI=1S/C15H18N4O/c1-2-5-10-6-3-4-7-13(10)19-15-12(14(17)20)8-11(16)9-18-15/h3-4,6-9H,2,5,16H2,1H3,(H2,17,20)(H,18,19). The van der Waals surface area contributed by atoms with E-state index in [2.05, 4.69) is 17.2 Å². The lowest BCUT2D eigenvalue weighted by molar-refractivity contribution is 0.100. The number of primary amides is 1. The van der Waals surface area contributed by atoms with Crippen LogP contribution in [0.2, 0.25) is 0 Å². The van der Waals surface area contributed by atoms with Crippen molar-refractivity contribution in [2.75, 3.05) is 11.1 Å². The third kappa shape index (κ3) is 3.06. The fraction of sp³-hybridized carbons (Fsp3) is 0.200. The molecule has 0 unspecified atom stereocenters. The first-order chi connectivity index (χ1) is 9.61. The van der Waals surface area contributed by atoms with E-state index in [-0.39, 0.29) is 5.56 Å². The minimum absolute atomic E-state index is 0.288. The molecule has 0 saturated heterocycles. The van der Waals surface area contributed by atoms with Gasteiger partial charge < -0.3 is 16.8 Å². The third-order valence-corrected chi connectivity index (χ3v) is 2.96. The maximum atomic E-state index is 11.5. The largest absolute Gasteiger partial charge is 0.397 e. The molecule has 1 heterocycles. The molecule has 2 aromatic rings. The molecule has 2 rings (SSSR count). The molecule has 0 aliphatic carbocycles. The van der Waals surface area contributed by atoms with E-state index in [1.807, 2.05) is 24.3 Å². The number of rotatable bonds is 5. The highest BCUT2D eigenvalue weighted by molar-refractivity contribution is 5.99. The molecule has 5 nitrogen and oxygen atoms in total. The maximum absolute atomic E-state index is 11.5. The number of nitrogen functional groups attached to an aromatic ring is 1. The Bertz CT molecular complexity index is 625. The zero-order chi connectivity index (χ0) is 14.5. The van der Waals surface area contributed by atoms with Gasteiger partial charge in [0.1, 0.15) is 5.82 Å². The molecule has 0 aliphatic heterocycles. The maximum Gasteiger partial charge on any atom is 0.252 e. The van der Waals surface area contributed by atoms with E-state index in [0.29, 0.717) is 11.5 Å². The molecule has 0 fully saturated rings. The van der Waals surface area contributed by atoms with Crippen molar-refractivity contribution in [3.8, 4) is 0 Å². The van der Waals surface area contributed by atoms with Crippen molar-refractivity contribution >= 4 is 23.1 Å². The molecule has 0 bridgehead atoms. The number of carbonyl (C=O) groups excluding carboxylic acids is 1. The average molecular weight is 270 g/mol. The fourth-order valence-electron chi connectivity index (χ4n) is 2.03. The number of aromatic nitrogens is 1. The molecule has 5 N–H and O–H groups in total. The van der Waals surface area contributed by atoms with Crippen molar-refractivity contribution in [1.82, 2.24) is 4.98 Å². The minimum Gasteiger partial charge on any atom is -0.397 e. The van der Waals surface area contributed by atoms with E-state index < -0.39 is 5.91 Å². The van der Waals surface area contributed by atoms with E-state index in [9.17, 15) is 4.79 Å². The smallest absolute Gasteiger partial charge is 0.252 e. The number of aryl methyl sites for hydroxylation is 1. The van der Waals surface area contributed by atoms with Gasteiger partial charge in [0, 0.05) is 5.69 Å². The summed E-state index contributed by atoms with van der Waals surface area (Å²) in [7, 11) is 0. The van der Waals surface area contributed by atoms with E-state index in [1.54, 1.807) is 0 Å². The van der Waals surface area contributed by atoms with Crippen LogP contribution in [0.3, 0.4) is 0 Å². The Morgan fingerprint density at radius 3 is 2.80 bits per heavy atom. The molecule has 5 heteroatoms. The van der Waals surface area contributed by atoms with Crippen molar-refractivity contribution in [3.63, 3.8) is 0 Å². The number of benzene rings is 1. The van der Waals surface area contributed by atoms with Crippen LogP contribution >= 0.6 is 0 Å². The lowest BCUT2D eigenvalue weighted by Crippen LogP contribution is -2.15. The summed E-state index contributed by atoms with van der Waals surface area (Å²) in [5.41, 5.74) is 13.8. The van der Waals surface area contributed by atoms with Crippen molar-refractivity contribution in [2.24, 2.45) is 5.73 Å². The number of nitrogens with one attached hydrogen (secondary N) is 1. The van der Waals surface area contributed by atoms with E-state index in [1.165, 1.54) is 17.8 Å². The molecule has 0 aliphatic rings. The van der Waals surface area contributed by atoms with Crippen LogP contribution in [0, 0.1) is 0 Å². The summed E-state index contributed by atoms with van der Waals surface area (Å²) < 4.78 is 0. The molecule has 1 aromatic carbocycles. The van der Waals surface area contributed by atoms with Crippen LogP contribution < -0.4 is 16.8 Å². The summed E-state index contributed by atoms with van der Waals surface area (Å²) in [4.78, 5) is 15.6. The Morgan fingerprint density at radius 1 is 1.35 bits per heavy atom. The molecule has 1 amide bonds. The van der Waals surface area contributed by atoms with Gasteiger partial charge in [-0.2, -0.15) is 0 Å². The molecule has 0 atom stereocenters. The Balaban J connectivity index is 2.37. The zero-order valence-corrected chi connectivity index (χ0v) is 11.4. The van der Waals surface area contributed by atoms with Crippen LogP contribution in [0.5, 0.6) is 0 Å². The molecule has 0 saturated carbocycles. The van der Waals surface area contributed by atoms with Crippen LogP contribution in [0.15, 0.2) is 36.5 Å². The summed E-state index contributed by atoms with van der Waals surface area (Å²) in [5, 5.41) is 3.17. The number of nitrogens with two attached hydrogens (primary N) is 2. The van der Waals surface area contributed by atoms with Crippen LogP contribution in [0.1, 0.15) is 29.3 Å². The number of hydrogen-bond acceptors (Lipinski definition) is 4. The number of hydrogen-bond donors (Lipinski definition) is 3. The van der Waals surface area contributed by atoms with Crippen LogP contribution in [0.4, 0.5) is 17.2 Å². The van der Waals surface area contributed by atoms with Gasteiger partial charge in [-0.25, -0.2) is 4.98 Å². The number of anilines is 3. The van der Waals surface area contributed by atoms with Crippen molar-refractivity contribution < 1.29 is 4.79 Å². The van der Waals surface area contributed by atoms with Crippen LogP contribution in [-0.2, 0) is 6.42 Å². The van der Waals surface area contributed by atoms with Gasteiger partial charge in [-0.15, -0.1) is 0 Å². The minimum atomic E-state index is -0.555. The summed E-state index contributed by atoms with van der Waals surface area (Å²) >= 11 is 0. The molecule has 0 radical (unpaired) electrons. The number of pyridine rings is 1. The molecular formula is C15H18N4O. The number of amides is 1. The lowest BCUT2D eigenvalue weighted by atomic mass is 10.1. The second-order valence-corrected chi connectivity index (χ2v) is 4.56. The highest BCUT2D eigenvalue weighted by Gasteiger charge is 2.11. The highest BCUT2D eigenvalue weighted by Crippen LogP contribution is 2.24. The van der Waals surface area contributed by atoms with Gasteiger partial charge in [0.2, 0.25) is 0 Å². The average Bonchev–Trinajstić information content (AvgIpc) is 2.43. The van der Waals surface area contributed by atoms with Crippen LogP contribution in [-0.4, -0.2) is 10.9 Å². The van der Waals surface area contributed by atoms with Gasteiger partial charge in [-0.05, 0) is 24.1 Å². The summed E-state index contributed by atoms with van der Waals surface area (Å²) in [5.74, 6) is -0.129. The summed E-state index contributed by atoms with van der Waals surface area (Å²) in [6, 6.07) is 9.45. The predicted molar refractivity (Wildman–Crippen MR) is 80.9 cm³/mol. The van der Waals surface area contributed by atoms with Gasteiger partial charge >= 0.3 is 0 Å². The van der Waals surface area contributed by atoms with Crippen molar-refractivity contribution in [2.45, 2.75) is 19.8 Å². The zero-order valence-electron chi connectivity index (χ0n) is 11.4. The Hall–Kier alpha value is -2.56. The van der Waals surface area contributed by atoms with Gasteiger partial charge in [0.25, 0.3) is 5.91 Å². The Labute approximate surface area is 118 Å². The normalized spacial score (nSPS) is 10.2. The Kier molecular flexibility index (Phi) is 4.20.